The predicted octanol–water partition coefficient (Wildman–Crippen LogP) is 2.67. The lowest BCUT2D eigenvalue weighted by Gasteiger charge is -2.22. The van der Waals surface area contributed by atoms with Gasteiger partial charge in [-0.1, -0.05) is 36.4 Å². The first-order valence-corrected chi connectivity index (χ1v) is 11.7. The molecule has 1 amide bonds. The Morgan fingerprint density at radius 1 is 1.03 bits per heavy atom. The molecule has 0 radical (unpaired) electrons. The smallest absolute Gasteiger partial charge is 0.295 e. The highest BCUT2D eigenvalue weighted by atomic mass is 32.2. The Bertz CT molecular complexity index is 1220. The van der Waals surface area contributed by atoms with Crippen LogP contribution in [0, 0.1) is 6.92 Å². The highest BCUT2D eigenvalue weighted by Crippen LogP contribution is 2.18. The molecule has 3 aromatic rings. The van der Waals surface area contributed by atoms with Crippen LogP contribution in [0.5, 0.6) is 0 Å². The number of nitrogens with one attached hydrogen (secondary N) is 1. The van der Waals surface area contributed by atoms with Gasteiger partial charge >= 0.3 is 0 Å². The van der Waals surface area contributed by atoms with Crippen molar-refractivity contribution < 1.29 is 13.2 Å². The van der Waals surface area contributed by atoms with E-state index < -0.39 is 10.0 Å². The molecule has 31 heavy (non-hydrogen) atoms. The Hall–Kier alpha value is -3.33. The quantitative estimate of drug-likeness (QED) is 0.580. The van der Waals surface area contributed by atoms with Gasteiger partial charge in [-0.2, -0.15) is 0 Å². The molecule has 9 heteroatoms. The SMILES string of the molecule is Cc1c(NC(=O)CCCN(c2ccccc2)S(C)(=O)=O)c(=O)n(-c2ccccc2)n1C. The van der Waals surface area contributed by atoms with Crippen LogP contribution in [0.3, 0.4) is 0 Å². The zero-order valence-corrected chi connectivity index (χ0v) is 18.6. The minimum atomic E-state index is -3.48. The van der Waals surface area contributed by atoms with Crippen molar-refractivity contribution in [2.45, 2.75) is 19.8 Å². The second kappa shape index (κ2) is 9.22. The van der Waals surface area contributed by atoms with Crippen molar-refractivity contribution in [1.29, 1.82) is 0 Å². The second-order valence-corrected chi connectivity index (χ2v) is 9.17. The molecule has 1 aromatic heterocycles. The number of amides is 1. The van der Waals surface area contributed by atoms with Crippen LogP contribution >= 0.6 is 0 Å². The van der Waals surface area contributed by atoms with Crippen LogP contribution in [-0.2, 0) is 21.9 Å². The largest absolute Gasteiger partial charge is 0.320 e. The molecule has 0 unspecified atom stereocenters. The third-order valence-corrected chi connectivity index (χ3v) is 6.22. The maximum Gasteiger partial charge on any atom is 0.295 e. The number of hydrogen-bond acceptors (Lipinski definition) is 4. The molecule has 1 heterocycles. The molecule has 3 rings (SSSR count). The van der Waals surface area contributed by atoms with Crippen molar-refractivity contribution in [3.63, 3.8) is 0 Å². The molecule has 1 N–H and O–H groups in total. The fourth-order valence-corrected chi connectivity index (χ4v) is 4.34. The van der Waals surface area contributed by atoms with Gasteiger partial charge in [0.2, 0.25) is 15.9 Å². The Balaban J connectivity index is 1.70. The summed E-state index contributed by atoms with van der Waals surface area (Å²) >= 11 is 0. The van der Waals surface area contributed by atoms with E-state index in [9.17, 15) is 18.0 Å². The summed E-state index contributed by atoms with van der Waals surface area (Å²) in [4.78, 5) is 25.4. The number of para-hydroxylation sites is 2. The third-order valence-electron chi connectivity index (χ3n) is 5.03. The summed E-state index contributed by atoms with van der Waals surface area (Å²) in [5.74, 6) is -0.340. The molecule has 0 aliphatic carbocycles. The standard InChI is InChI=1S/C22H26N4O4S/c1-17-21(22(28)26(24(17)2)19-13-8-5-9-14-19)23-20(27)15-10-16-25(31(3,29)30)18-11-6-4-7-12-18/h4-9,11-14H,10,15-16H2,1-3H3,(H,23,27). The molecular weight excluding hydrogens is 416 g/mol. The Morgan fingerprint density at radius 2 is 1.61 bits per heavy atom. The summed E-state index contributed by atoms with van der Waals surface area (Å²) < 4.78 is 28.7. The van der Waals surface area contributed by atoms with Crippen LogP contribution in [0.4, 0.5) is 11.4 Å². The molecule has 8 nitrogen and oxygen atoms in total. The van der Waals surface area contributed by atoms with Crippen molar-refractivity contribution in [1.82, 2.24) is 9.36 Å². The van der Waals surface area contributed by atoms with Gasteiger partial charge in [0, 0.05) is 20.0 Å². The van der Waals surface area contributed by atoms with E-state index >= 15 is 0 Å². The van der Waals surface area contributed by atoms with Gasteiger partial charge in [-0.3, -0.25) is 18.6 Å². The highest BCUT2D eigenvalue weighted by Gasteiger charge is 2.20. The normalized spacial score (nSPS) is 11.3. The van der Waals surface area contributed by atoms with Gasteiger partial charge in [-0.15, -0.1) is 0 Å². The summed E-state index contributed by atoms with van der Waals surface area (Å²) in [5, 5.41) is 2.70. The zero-order valence-electron chi connectivity index (χ0n) is 17.8. The number of carbonyl (C=O) groups is 1. The van der Waals surface area contributed by atoms with E-state index in [1.807, 2.05) is 36.4 Å². The number of rotatable bonds is 8. The van der Waals surface area contributed by atoms with E-state index in [4.69, 9.17) is 0 Å². The molecule has 164 valence electrons. The summed E-state index contributed by atoms with van der Waals surface area (Å²) in [6, 6.07) is 17.9. The number of carbonyl (C=O) groups excluding carboxylic acids is 1. The zero-order chi connectivity index (χ0) is 22.6. The summed E-state index contributed by atoms with van der Waals surface area (Å²) in [7, 11) is -1.72. The van der Waals surface area contributed by atoms with E-state index in [1.54, 1.807) is 42.9 Å². The molecule has 0 atom stereocenters. The van der Waals surface area contributed by atoms with Crippen LogP contribution in [0.25, 0.3) is 5.69 Å². The van der Waals surface area contributed by atoms with Crippen LogP contribution in [-0.4, -0.2) is 36.5 Å². The number of nitrogens with zero attached hydrogens (tertiary/aromatic N) is 3. The predicted molar refractivity (Wildman–Crippen MR) is 122 cm³/mol. The molecule has 0 fully saturated rings. The average molecular weight is 443 g/mol. The van der Waals surface area contributed by atoms with Gasteiger partial charge < -0.3 is 5.32 Å². The van der Waals surface area contributed by atoms with Gasteiger partial charge in [-0.25, -0.2) is 13.1 Å². The molecule has 0 saturated heterocycles. The van der Waals surface area contributed by atoms with E-state index in [0.717, 1.165) is 6.26 Å². The van der Waals surface area contributed by atoms with Crippen LogP contribution < -0.4 is 15.2 Å². The topological polar surface area (TPSA) is 93.4 Å². The number of hydrogen-bond donors (Lipinski definition) is 1. The van der Waals surface area contributed by atoms with Crippen LogP contribution in [0.2, 0.25) is 0 Å². The lowest BCUT2D eigenvalue weighted by molar-refractivity contribution is -0.116. The van der Waals surface area contributed by atoms with Crippen molar-refractivity contribution >= 4 is 27.3 Å². The summed E-state index contributed by atoms with van der Waals surface area (Å²) in [6.45, 7) is 1.93. The van der Waals surface area contributed by atoms with E-state index in [2.05, 4.69) is 5.32 Å². The molecule has 0 bridgehead atoms. The average Bonchev–Trinajstić information content (AvgIpc) is 2.94. The first kappa shape index (κ1) is 22.4. The Kier molecular flexibility index (Phi) is 6.65. The minimum absolute atomic E-state index is 0.0813. The van der Waals surface area contributed by atoms with Crippen molar-refractivity contribution in [2.24, 2.45) is 7.05 Å². The molecule has 0 aliphatic rings. The Labute approximate surface area is 181 Å². The van der Waals surface area contributed by atoms with Crippen molar-refractivity contribution in [3.8, 4) is 5.69 Å². The van der Waals surface area contributed by atoms with Crippen LogP contribution in [0.15, 0.2) is 65.5 Å². The minimum Gasteiger partial charge on any atom is -0.320 e. The van der Waals surface area contributed by atoms with Gasteiger partial charge in [0.15, 0.2) is 0 Å². The number of anilines is 2. The molecule has 0 spiro atoms. The monoisotopic (exact) mass is 442 g/mol. The first-order chi connectivity index (χ1) is 14.7. The summed E-state index contributed by atoms with van der Waals surface area (Å²) in [6.07, 6.45) is 1.53. The van der Waals surface area contributed by atoms with Gasteiger partial charge in [0.25, 0.3) is 5.56 Å². The fourth-order valence-electron chi connectivity index (χ4n) is 3.38. The second-order valence-electron chi connectivity index (χ2n) is 7.26. The number of benzene rings is 2. The van der Waals surface area contributed by atoms with Crippen LogP contribution in [0.1, 0.15) is 18.5 Å². The van der Waals surface area contributed by atoms with E-state index in [-0.39, 0.29) is 30.1 Å². The lowest BCUT2D eigenvalue weighted by Crippen LogP contribution is -2.31. The highest BCUT2D eigenvalue weighted by molar-refractivity contribution is 7.92. The molecule has 0 aliphatic heterocycles. The van der Waals surface area contributed by atoms with Gasteiger partial charge in [0.05, 0.1) is 23.3 Å². The molecular formula is C22H26N4O4S. The lowest BCUT2D eigenvalue weighted by atomic mass is 10.2. The summed E-state index contributed by atoms with van der Waals surface area (Å²) in [5.41, 5.74) is 1.78. The van der Waals surface area contributed by atoms with Gasteiger partial charge in [-0.05, 0) is 37.6 Å². The number of sulfonamides is 1. The molecule has 2 aromatic carbocycles. The number of aromatic nitrogens is 2. The third kappa shape index (κ3) is 5.05. The van der Waals surface area contributed by atoms with Crippen molar-refractivity contribution in [2.75, 3.05) is 22.4 Å². The van der Waals surface area contributed by atoms with E-state index in [0.29, 0.717) is 23.5 Å². The Morgan fingerprint density at radius 3 is 2.19 bits per heavy atom. The first-order valence-electron chi connectivity index (χ1n) is 9.87. The van der Waals surface area contributed by atoms with Crippen molar-refractivity contribution in [3.05, 3.63) is 76.7 Å². The van der Waals surface area contributed by atoms with Gasteiger partial charge in [0.1, 0.15) is 5.69 Å². The maximum absolute atomic E-state index is 12.9. The molecule has 0 saturated carbocycles. The fraction of sp³-hybridized carbons (Fsp3) is 0.273. The van der Waals surface area contributed by atoms with E-state index in [1.165, 1.54) is 8.99 Å². The maximum atomic E-state index is 12.9.